The largest absolute Gasteiger partial charge is 0.504 e. The number of carbonyl (C=O) groups is 1. The summed E-state index contributed by atoms with van der Waals surface area (Å²) < 4.78 is 15.7. The molecular formula is C20H17NO7. The highest BCUT2D eigenvalue weighted by molar-refractivity contribution is 5.89. The number of aromatic hydroxyl groups is 2. The number of nitrogens with one attached hydrogen (secondary N) is 1. The number of benzene rings is 2. The molecule has 144 valence electrons. The Kier molecular flexibility index (Phi) is 4.31. The predicted octanol–water partition coefficient (Wildman–Crippen LogP) is 2.10. The van der Waals surface area contributed by atoms with Crippen molar-refractivity contribution in [2.45, 2.75) is 19.9 Å². The molecule has 0 spiro atoms. The van der Waals surface area contributed by atoms with Gasteiger partial charge in [0.2, 0.25) is 18.4 Å². The third-order valence-corrected chi connectivity index (χ3v) is 4.67. The maximum atomic E-state index is 12.3. The van der Waals surface area contributed by atoms with Gasteiger partial charge in [0.25, 0.3) is 0 Å². The van der Waals surface area contributed by atoms with Crippen LogP contribution in [0.15, 0.2) is 39.5 Å². The van der Waals surface area contributed by atoms with Crippen molar-refractivity contribution in [1.82, 2.24) is 5.32 Å². The van der Waals surface area contributed by atoms with E-state index in [9.17, 15) is 19.8 Å². The van der Waals surface area contributed by atoms with Gasteiger partial charge in [0, 0.05) is 11.9 Å². The molecule has 0 atom stereocenters. The van der Waals surface area contributed by atoms with E-state index >= 15 is 0 Å². The summed E-state index contributed by atoms with van der Waals surface area (Å²) in [5.41, 5.74) is 0.706. The molecule has 0 radical (unpaired) electrons. The number of aryl methyl sites for hydroxylation is 1. The Labute approximate surface area is 158 Å². The molecule has 1 aliphatic rings. The fraction of sp³-hybridized carbons (Fsp3) is 0.200. The van der Waals surface area contributed by atoms with Crippen molar-refractivity contribution in [1.29, 1.82) is 0 Å². The van der Waals surface area contributed by atoms with E-state index in [4.69, 9.17) is 13.9 Å². The lowest BCUT2D eigenvalue weighted by atomic mass is 10.0. The van der Waals surface area contributed by atoms with Crippen LogP contribution in [0, 0.1) is 6.92 Å². The smallest absolute Gasteiger partial charge is 0.340 e. The average molecular weight is 383 g/mol. The second-order valence-corrected chi connectivity index (χ2v) is 6.44. The first kappa shape index (κ1) is 17.7. The van der Waals surface area contributed by atoms with Crippen molar-refractivity contribution in [3.8, 4) is 23.0 Å². The lowest BCUT2D eigenvalue weighted by molar-refractivity contribution is -0.120. The number of fused-ring (bicyclic) bond motifs is 2. The first-order valence-electron chi connectivity index (χ1n) is 8.56. The van der Waals surface area contributed by atoms with E-state index in [1.165, 1.54) is 12.1 Å². The van der Waals surface area contributed by atoms with E-state index in [2.05, 4.69) is 5.32 Å². The minimum Gasteiger partial charge on any atom is -0.504 e. The molecule has 0 saturated heterocycles. The van der Waals surface area contributed by atoms with Crippen LogP contribution in [0.4, 0.5) is 0 Å². The Bertz CT molecular complexity index is 1150. The van der Waals surface area contributed by atoms with Crippen LogP contribution in [-0.2, 0) is 17.8 Å². The Morgan fingerprint density at radius 3 is 2.75 bits per heavy atom. The molecule has 1 aromatic heterocycles. The lowest BCUT2D eigenvalue weighted by Gasteiger charge is -2.10. The first-order chi connectivity index (χ1) is 13.4. The molecule has 0 saturated carbocycles. The first-order valence-corrected chi connectivity index (χ1v) is 8.56. The maximum absolute atomic E-state index is 12.3. The van der Waals surface area contributed by atoms with Crippen molar-refractivity contribution in [3.63, 3.8) is 0 Å². The maximum Gasteiger partial charge on any atom is 0.340 e. The average Bonchev–Trinajstić information content (AvgIpc) is 3.14. The summed E-state index contributed by atoms with van der Waals surface area (Å²) in [5, 5.41) is 22.6. The number of hydrogen-bond acceptors (Lipinski definition) is 7. The van der Waals surface area contributed by atoms with Gasteiger partial charge in [-0.25, -0.2) is 4.79 Å². The van der Waals surface area contributed by atoms with E-state index in [1.807, 2.05) is 6.07 Å². The second kappa shape index (κ2) is 6.80. The standard InChI is InChI=1S/C20H17NO7/c1-10-12-3-4-14(22)18(24)19(12)28-20(25)13(10)7-17(23)21-8-11-2-5-15-16(6-11)27-9-26-15/h2-6,22,24H,7-9H2,1H3,(H,21,23). The highest BCUT2D eigenvalue weighted by Gasteiger charge is 2.18. The number of hydrogen-bond donors (Lipinski definition) is 3. The molecule has 0 fully saturated rings. The fourth-order valence-electron chi connectivity index (χ4n) is 3.11. The third-order valence-electron chi connectivity index (χ3n) is 4.67. The minimum absolute atomic E-state index is 0.105. The topological polar surface area (TPSA) is 118 Å². The third kappa shape index (κ3) is 3.09. The zero-order chi connectivity index (χ0) is 19.8. The van der Waals surface area contributed by atoms with Gasteiger partial charge in [-0.05, 0) is 42.3 Å². The molecule has 3 N–H and O–H groups in total. The Morgan fingerprint density at radius 1 is 1.14 bits per heavy atom. The molecule has 2 heterocycles. The van der Waals surface area contributed by atoms with Gasteiger partial charge in [-0.1, -0.05) is 6.07 Å². The van der Waals surface area contributed by atoms with Crippen molar-refractivity contribution >= 4 is 16.9 Å². The molecule has 2 aromatic carbocycles. The van der Waals surface area contributed by atoms with Gasteiger partial charge in [-0.3, -0.25) is 4.79 Å². The monoisotopic (exact) mass is 383 g/mol. The Balaban J connectivity index is 1.52. The van der Waals surface area contributed by atoms with Gasteiger partial charge < -0.3 is 29.4 Å². The van der Waals surface area contributed by atoms with E-state index in [0.29, 0.717) is 22.4 Å². The quantitative estimate of drug-likeness (QED) is 0.466. The van der Waals surface area contributed by atoms with Crippen molar-refractivity contribution in [3.05, 3.63) is 57.4 Å². The number of amides is 1. The van der Waals surface area contributed by atoms with Crippen LogP contribution in [0.25, 0.3) is 11.0 Å². The number of rotatable bonds is 4. The van der Waals surface area contributed by atoms with Gasteiger partial charge >= 0.3 is 5.63 Å². The van der Waals surface area contributed by atoms with Crippen LogP contribution >= 0.6 is 0 Å². The number of ether oxygens (including phenoxy) is 2. The van der Waals surface area contributed by atoms with Crippen molar-refractivity contribution < 1.29 is 28.9 Å². The van der Waals surface area contributed by atoms with Gasteiger partial charge in [-0.15, -0.1) is 0 Å². The molecule has 1 aliphatic heterocycles. The molecule has 0 unspecified atom stereocenters. The fourth-order valence-corrected chi connectivity index (χ4v) is 3.11. The van der Waals surface area contributed by atoms with Crippen LogP contribution in [0.1, 0.15) is 16.7 Å². The molecular weight excluding hydrogens is 366 g/mol. The van der Waals surface area contributed by atoms with Crippen LogP contribution in [0.3, 0.4) is 0 Å². The lowest BCUT2D eigenvalue weighted by Crippen LogP contribution is -2.27. The van der Waals surface area contributed by atoms with Crippen LogP contribution in [0.5, 0.6) is 23.0 Å². The van der Waals surface area contributed by atoms with Gasteiger partial charge in [0.05, 0.1) is 12.0 Å². The number of phenolic OH excluding ortho intramolecular Hbond substituents is 2. The Morgan fingerprint density at radius 2 is 1.93 bits per heavy atom. The highest BCUT2D eigenvalue weighted by atomic mass is 16.7. The number of phenols is 2. The van der Waals surface area contributed by atoms with E-state index < -0.39 is 11.4 Å². The van der Waals surface area contributed by atoms with Gasteiger partial charge in [-0.2, -0.15) is 0 Å². The number of carbonyl (C=O) groups excluding carboxylic acids is 1. The van der Waals surface area contributed by atoms with E-state index in [1.54, 1.807) is 19.1 Å². The molecule has 8 heteroatoms. The van der Waals surface area contributed by atoms with Crippen LogP contribution in [0.2, 0.25) is 0 Å². The summed E-state index contributed by atoms with van der Waals surface area (Å²) in [4.78, 5) is 24.6. The molecule has 1 amide bonds. The SMILES string of the molecule is Cc1c(CC(=O)NCc2ccc3c(c2)OCO3)c(=O)oc2c(O)c(O)ccc12. The zero-order valence-corrected chi connectivity index (χ0v) is 14.9. The normalized spacial score (nSPS) is 12.3. The van der Waals surface area contributed by atoms with E-state index in [0.717, 1.165) is 5.56 Å². The molecule has 3 aromatic rings. The molecule has 8 nitrogen and oxygen atoms in total. The van der Waals surface area contributed by atoms with Crippen LogP contribution < -0.4 is 20.4 Å². The second-order valence-electron chi connectivity index (χ2n) is 6.44. The van der Waals surface area contributed by atoms with Gasteiger partial charge in [0.1, 0.15) is 0 Å². The molecule has 0 bridgehead atoms. The minimum atomic E-state index is -0.732. The van der Waals surface area contributed by atoms with Crippen LogP contribution in [-0.4, -0.2) is 22.9 Å². The molecule has 28 heavy (non-hydrogen) atoms. The molecule has 0 aliphatic carbocycles. The summed E-state index contributed by atoms with van der Waals surface area (Å²) >= 11 is 0. The van der Waals surface area contributed by atoms with Gasteiger partial charge in [0.15, 0.2) is 22.8 Å². The van der Waals surface area contributed by atoms with Crippen molar-refractivity contribution in [2.24, 2.45) is 0 Å². The van der Waals surface area contributed by atoms with Crippen molar-refractivity contribution in [2.75, 3.05) is 6.79 Å². The Hall–Kier alpha value is -3.68. The summed E-state index contributed by atoms with van der Waals surface area (Å²) in [7, 11) is 0. The zero-order valence-electron chi connectivity index (χ0n) is 14.9. The summed E-state index contributed by atoms with van der Waals surface area (Å²) in [6.07, 6.45) is -0.170. The van der Waals surface area contributed by atoms with E-state index in [-0.39, 0.29) is 42.6 Å². The molecule has 4 rings (SSSR count). The highest BCUT2D eigenvalue weighted by Crippen LogP contribution is 2.35. The summed E-state index contributed by atoms with van der Waals surface area (Å²) in [6.45, 7) is 2.10. The summed E-state index contributed by atoms with van der Waals surface area (Å²) in [6, 6.07) is 8.20. The summed E-state index contributed by atoms with van der Waals surface area (Å²) in [5.74, 6) is 0.0470. The predicted molar refractivity (Wildman–Crippen MR) is 98.7 cm³/mol.